The minimum absolute atomic E-state index is 0.0170. The number of alkyl halides is 8. The quantitative estimate of drug-likeness (QED) is 0.188. The van der Waals surface area contributed by atoms with Crippen LogP contribution in [0.1, 0.15) is 11.1 Å². The van der Waals surface area contributed by atoms with Gasteiger partial charge in [-0.3, -0.25) is 0 Å². The lowest BCUT2D eigenvalue weighted by Gasteiger charge is -2.43. The van der Waals surface area contributed by atoms with E-state index < -0.39 is 85.4 Å². The third kappa shape index (κ3) is 2.19. The van der Waals surface area contributed by atoms with Crippen LogP contribution in [0.2, 0.25) is 0 Å². The van der Waals surface area contributed by atoms with Gasteiger partial charge in [0.25, 0.3) is 0 Å². The van der Waals surface area contributed by atoms with Crippen molar-refractivity contribution in [1.29, 1.82) is 0 Å². The molecule has 1 aliphatic rings. The lowest BCUT2D eigenvalue weighted by molar-refractivity contribution is -0.386. The van der Waals surface area contributed by atoms with E-state index in [9.17, 15) is 57.1 Å². The summed E-state index contributed by atoms with van der Waals surface area (Å²) in [4.78, 5) is 0. The molecule has 0 saturated heterocycles. The molecule has 13 heteroatoms. The second-order valence-corrected chi connectivity index (χ2v) is 6.75. The van der Waals surface area contributed by atoms with Crippen molar-refractivity contribution < 1.29 is 57.1 Å². The molecule has 166 valence electrons. The van der Waals surface area contributed by atoms with Crippen LogP contribution in [0.25, 0.3) is 21.5 Å². The van der Waals surface area contributed by atoms with Crippen LogP contribution in [0.3, 0.4) is 0 Å². The molecule has 0 unspecified atom stereocenters. The first-order valence-electron chi connectivity index (χ1n) is 7.94. The van der Waals surface area contributed by atoms with E-state index in [1.165, 1.54) is 0 Å². The largest absolute Gasteiger partial charge is 0.382 e. The van der Waals surface area contributed by atoms with Crippen LogP contribution in [-0.2, 0) is 11.8 Å². The monoisotopic (exact) mass is 466 g/mol. The second kappa shape index (κ2) is 5.74. The highest BCUT2D eigenvalue weighted by Gasteiger charge is 2.85. The fourth-order valence-corrected chi connectivity index (χ4v) is 3.60. The summed E-state index contributed by atoms with van der Waals surface area (Å²) in [6, 6.07) is -0.0408. The van der Waals surface area contributed by atoms with Crippen LogP contribution in [-0.4, -0.2) is 11.8 Å². The van der Waals surface area contributed by atoms with Gasteiger partial charge >= 0.3 is 23.7 Å². The molecule has 31 heavy (non-hydrogen) atoms. The van der Waals surface area contributed by atoms with Crippen molar-refractivity contribution in [3.63, 3.8) is 0 Å². The fourth-order valence-electron chi connectivity index (χ4n) is 3.60. The summed E-state index contributed by atoms with van der Waals surface area (Å²) in [6.07, 6.45) is 0. The molecule has 0 bridgehead atoms. The molecule has 0 amide bonds. The first-order chi connectivity index (χ1) is 14.0. The number of halogens is 13. The van der Waals surface area contributed by atoms with E-state index in [-0.39, 0.29) is 18.2 Å². The van der Waals surface area contributed by atoms with Crippen molar-refractivity contribution in [2.75, 3.05) is 0 Å². The highest BCUT2D eigenvalue weighted by atomic mass is 19.4. The van der Waals surface area contributed by atoms with Crippen molar-refractivity contribution in [2.45, 2.75) is 23.7 Å². The molecule has 4 rings (SSSR count). The average molecular weight is 466 g/mol. The van der Waals surface area contributed by atoms with Crippen LogP contribution in [0.15, 0.2) is 18.2 Å². The maximum atomic E-state index is 14.6. The number of fused-ring (bicyclic) bond motifs is 5. The van der Waals surface area contributed by atoms with Gasteiger partial charge in [0.05, 0.1) is 5.39 Å². The van der Waals surface area contributed by atoms with Gasteiger partial charge in [0.2, 0.25) is 0 Å². The Morgan fingerprint density at radius 2 is 1.00 bits per heavy atom. The van der Waals surface area contributed by atoms with Gasteiger partial charge in [-0.05, 0) is 16.8 Å². The van der Waals surface area contributed by atoms with E-state index in [4.69, 9.17) is 0 Å². The van der Waals surface area contributed by atoms with E-state index in [0.717, 1.165) is 0 Å². The van der Waals surface area contributed by atoms with E-state index in [0.29, 0.717) is 0 Å². The third-order valence-corrected chi connectivity index (χ3v) is 5.12. The van der Waals surface area contributed by atoms with Gasteiger partial charge in [0.15, 0.2) is 29.1 Å². The minimum Gasteiger partial charge on any atom is -0.204 e. The Morgan fingerprint density at radius 1 is 0.516 bits per heavy atom. The zero-order valence-corrected chi connectivity index (χ0v) is 14.1. The van der Waals surface area contributed by atoms with Crippen LogP contribution < -0.4 is 0 Å². The number of rotatable bonds is 0. The predicted octanol–water partition coefficient (Wildman–Crippen LogP) is 7.16. The number of hydrogen-bond donors (Lipinski definition) is 0. The Bertz CT molecular complexity index is 1290. The van der Waals surface area contributed by atoms with Crippen molar-refractivity contribution in [3.05, 3.63) is 58.4 Å². The summed E-state index contributed by atoms with van der Waals surface area (Å²) in [6.45, 7) is 0. The molecule has 3 aromatic carbocycles. The molecule has 0 spiro atoms. The summed E-state index contributed by atoms with van der Waals surface area (Å²) in [7, 11) is 0. The Hall–Kier alpha value is -2.73. The Kier molecular flexibility index (Phi) is 3.98. The maximum absolute atomic E-state index is 14.6. The first-order valence-corrected chi connectivity index (χ1v) is 7.94. The highest BCUT2D eigenvalue weighted by Crippen LogP contribution is 2.65. The zero-order chi connectivity index (χ0) is 23.5. The molecule has 0 fully saturated rings. The van der Waals surface area contributed by atoms with Crippen LogP contribution in [0.4, 0.5) is 57.1 Å². The van der Waals surface area contributed by atoms with Gasteiger partial charge < -0.3 is 0 Å². The second-order valence-electron chi connectivity index (χ2n) is 6.75. The molecule has 0 heterocycles. The Labute approximate surface area is 161 Å². The molecule has 0 radical (unpaired) electrons. The molecule has 0 atom stereocenters. The van der Waals surface area contributed by atoms with E-state index >= 15 is 0 Å². The molecular formula is C18H3F13. The minimum atomic E-state index is -6.78. The van der Waals surface area contributed by atoms with Crippen LogP contribution in [0, 0.1) is 29.1 Å². The van der Waals surface area contributed by atoms with Gasteiger partial charge in [-0.25, -0.2) is 22.0 Å². The predicted molar refractivity (Wildman–Crippen MR) is 78.9 cm³/mol. The average Bonchev–Trinajstić information content (AvgIpc) is 2.67. The van der Waals surface area contributed by atoms with Gasteiger partial charge in [-0.1, -0.05) is 12.1 Å². The van der Waals surface area contributed by atoms with E-state index in [2.05, 4.69) is 0 Å². The molecule has 3 aromatic rings. The van der Waals surface area contributed by atoms with Crippen molar-refractivity contribution in [2.24, 2.45) is 0 Å². The standard InChI is InChI=1S/C18H3F13/c19-7-3-5-4-1-2-6-10(8(4)12(21)14(23)9(5)13(22)11(7)20)16(26,27)18(30,31)17(28,29)15(6,24)25/h1-3H. The molecule has 0 nitrogen and oxygen atoms in total. The fraction of sp³-hybridized carbons (Fsp3) is 0.222. The molecule has 1 aliphatic carbocycles. The normalized spacial score (nSPS) is 20.8. The van der Waals surface area contributed by atoms with E-state index in [1.54, 1.807) is 0 Å². The Balaban J connectivity index is 2.33. The van der Waals surface area contributed by atoms with Crippen molar-refractivity contribution >= 4 is 21.5 Å². The summed E-state index contributed by atoms with van der Waals surface area (Å²) in [5.74, 6) is -37.4. The third-order valence-electron chi connectivity index (χ3n) is 5.12. The number of benzene rings is 3. The SMILES string of the molecule is Fc1cc2c(c(F)c1F)c(F)c(F)c1c3c(ccc12)C(F)(F)C(F)(F)C(F)(F)C3(F)F. The lowest BCUT2D eigenvalue weighted by Crippen LogP contribution is -2.63. The smallest absolute Gasteiger partial charge is 0.204 e. The summed E-state index contributed by atoms with van der Waals surface area (Å²) < 4.78 is 182. The number of hydrogen-bond acceptors (Lipinski definition) is 0. The lowest BCUT2D eigenvalue weighted by atomic mass is 9.77. The first kappa shape index (κ1) is 21.5. The molecule has 0 N–H and O–H groups in total. The van der Waals surface area contributed by atoms with Gasteiger partial charge in [-0.2, -0.15) is 35.1 Å². The Morgan fingerprint density at radius 3 is 1.58 bits per heavy atom. The van der Waals surface area contributed by atoms with Crippen LogP contribution >= 0.6 is 0 Å². The molecule has 0 aliphatic heterocycles. The van der Waals surface area contributed by atoms with Crippen molar-refractivity contribution in [3.8, 4) is 0 Å². The summed E-state index contributed by atoms with van der Waals surface area (Å²) in [5.41, 5.74) is -5.13. The van der Waals surface area contributed by atoms with Gasteiger partial charge in [0.1, 0.15) is 0 Å². The van der Waals surface area contributed by atoms with Gasteiger partial charge in [-0.15, -0.1) is 0 Å². The molecule has 0 saturated carbocycles. The highest BCUT2D eigenvalue weighted by molar-refractivity contribution is 6.10. The molecule has 0 aromatic heterocycles. The van der Waals surface area contributed by atoms with Crippen LogP contribution in [0.5, 0.6) is 0 Å². The van der Waals surface area contributed by atoms with E-state index in [1.807, 2.05) is 0 Å². The summed E-state index contributed by atoms with van der Waals surface area (Å²) in [5, 5.41) is -6.07. The van der Waals surface area contributed by atoms with Gasteiger partial charge in [0, 0.05) is 16.5 Å². The zero-order valence-electron chi connectivity index (χ0n) is 14.1. The summed E-state index contributed by atoms with van der Waals surface area (Å²) >= 11 is 0. The topological polar surface area (TPSA) is 0 Å². The maximum Gasteiger partial charge on any atom is 0.382 e. The van der Waals surface area contributed by atoms with Crippen molar-refractivity contribution in [1.82, 2.24) is 0 Å². The molecular weight excluding hydrogens is 463 g/mol.